The van der Waals surface area contributed by atoms with Gasteiger partial charge >= 0.3 is 0 Å². The number of nitrogens with two attached hydrogens (primary N) is 1. The van der Waals surface area contributed by atoms with Gasteiger partial charge in [-0.2, -0.15) is 0 Å². The molecule has 0 bridgehead atoms. The summed E-state index contributed by atoms with van der Waals surface area (Å²) >= 11 is 0. The summed E-state index contributed by atoms with van der Waals surface area (Å²) in [5.74, 6) is 0.439. The van der Waals surface area contributed by atoms with E-state index in [1.54, 1.807) is 4.90 Å². The van der Waals surface area contributed by atoms with Crippen molar-refractivity contribution in [2.75, 3.05) is 26.2 Å². The third kappa shape index (κ3) is 5.62. The normalized spacial score (nSPS) is 22.6. The summed E-state index contributed by atoms with van der Waals surface area (Å²) in [6.45, 7) is 2.07. The van der Waals surface area contributed by atoms with Gasteiger partial charge in [-0.25, -0.2) is 8.78 Å². The van der Waals surface area contributed by atoms with Gasteiger partial charge in [0.2, 0.25) is 0 Å². The molecular weight excluding hydrogens is 221 g/mol. The van der Waals surface area contributed by atoms with Crippen LogP contribution in [0.15, 0.2) is 0 Å². The van der Waals surface area contributed by atoms with E-state index in [1.165, 1.54) is 0 Å². The Labute approximate surface area is 89.7 Å². The molecule has 0 aromatic carbocycles. The van der Waals surface area contributed by atoms with Crippen LogP contribution >= 0.6 is 24.8 Å². The first-order valence-corrected chi connectivity index (χ1v) is 3.93. The van der Waals surface area contributed by atoms with Crippen LogP contribution in [0.5, 0.6) is 0 Å². The van der Waals surface area contributed by atoms with Gasteiger partial charge in [-0.05, 0) is 25.4 Å². The highest BCUT2D eigenvalue weighted by Gasteiger charge is 2.22. The molecule has 1 rings (SSSR count). The summed E-state index contributed by atoms with van der Waals surface area (Å²) < 4.78 is 23.7. The molecule has 1 unspecified atom stereocenters. The topological polar surface area (TPSA) is 29.3 Å². The van der Waals surface area contributed by atoms with Gasteiger partial charge in [-0.1, -0.05) is 0 Å². The molecule has 82 valence electrons. The van der Waals surface area contributed by atoms with E-state index in [4.69, 9.17) is 5.73 Å². The number of hydrogen-bond donors (Lipinski definition) is 1. The fourth-order valence-corrected chi connectivity index (χ4v) is 1.47. The van der Waals surface area contributed by atoms with Crippen LogP contribution in [0.1, 0.15) is 6.42 Å². The third-order valence-corrected chi connectivity index (χ3v) is 2.10. The van der Waals surface area contributed by atoms with Gasteiger partial charge < -0.3 is 5.73 Å². The molecule has 0 radical (unpaired) electrons. The molecule has 1 heterocycles. The number of likely N-dealkylation sites (tertiary alicyclic amines) is 1. The van der Waals surface area contributed by atoms with E-state index in [0.717, 1.165) is 19.5 Å². The SMILES string of the molecule is Cl.Cl.NCC1CCN(CC(F)F)C1. The highest BCUT2D eigenvalue weighted by molar-refractivity contribution is 5.85. The van der Waals surface area contributed by atoms with E-state index in [0.29, 0.717) is 12.5 Å². The summed E-state index contributed by atoms with van der Waals surface area (Å²) in [5, 5.41) is 0. The van der Waals surface area contributed by atoms with E-state index in [-0.39, 0.29) is 31.4 Å². The average molecular weight is 237 g/mol. The highest BCUT2D eigenvalue weighted by atomic mass is 35.5. The van der Waals surface area contributed by atoms with Gasteiger partial charge in [0.15, 0.2) is 0 Å². The molecule has 1 fully saturated rings. The van der Waals surface area contributed by atoms with Crippen molar-refractivity contribution in [1.29, 1.82) is 0 Å². The molecule has 0 amide bonds. The molecule has 13 heavy (non-hydrogen) atoms. The Kier molecular flexibility index (Phi) is 9.41. The van der Waals surface area contributed by atoms with Crippen LogP contribution in [0.4, 0.5) is 8.78 Å². The first kappa shape index (κ1) is 15.8. The van der Waals surface area contributed by atoms with Crippen LogP contribution in [0.3, 0.4) is 0 Å². The molecule has 1 aliphatic heterocycles. The third-order valence-electron chi connectivity index (χ3n) is 2.10. The van der Waals surface area contributed by atoms with Crippen LogP contribution in [0, 0.1) is 5.92 Å². The van der Waals surface area contributed by atoms with Crippen LogP contribution < -0.4 is 5.73 Å². The van der Waals surface area contributed by atoms with Crippen molar-refractivity contribution in [2.45, 2.75) is 12.8 Å². The summed E-state index contributed by atoms with van der Waals surface area (Å²) in [5.41, 5.74) is 5.41. The number of nitrogens with zero attached hydrogens (tertiary/aromatic N) is 1. The predicted molar refractivity (Wildman–Crippen MR) is 54.1 cm³/mol. The lowest BCUT2D eigenvalue weighted by Crippen LogP contribution is -2.27. The summed E-state index contributed by atoms with van der Waals surface area (Å²) in [4.78, 5) is 1.78. The van der Waals surface area contributed by atoms with Gasteiger partial charge in [-0.15, -0.1) is 24.8 Å². The average Bonchev–Trinajstić information content (AvgIpc) is 2.34. The second-order valence-electron chi connectivity index (χ2n) is 3.04. The van der Waals surface area contributed by atoms with E-state index in [2.05, 4.69) is 0 Å². The number of hydrogen-bond acceptors (Lipinski definition) is 2. The minimum Gasteiger partial charge on any atom is -0.330 e. The van der Waals surface area contributed by atoms with Gasteiger partial charge in [-0.3, -0.25) is 4.90 Å². The van der Waals surface area contributed by atoms with Crippen LogP contribution in [0.25, 0.3) is 0 Å². The largest absolute Gasteiger partial charge is 0.330 e. The van der Waals surface area contributed by atoms with E-state index in [1.807, 2.05) is 0 Å². The lowest BCUT2D eigenvalue weighted by atomic mass is 10.1. The van der Waals surface area contributed by atoms with Crippen molar-refractivity contribution in [2.24, 2.45) is 11.7 Å². The zero-order valence-corrected chi connectivity index (χ0v) is 8.92. The minimum atomic E-state index is -2.20. The molecule has 0 spiro atoms. The molecule has 0 aromatic rings. The molecule has 6 heteroatoms. The highest BCUT2D eigenvalue weighted by Crippen LogP contribution is 2.15. The number of alkyl halides is 2. The molecule has 2 nitrogen and oxygen atoms in total. The quantitative estimate of drug-likeness (QED) is 0.803. The summed E-state index contributed by atoms with van der Waals surface area (Å²) in [7, 11) is 0. The van der Waals surface area contributed by atoms with Gasteiger partial charge in [0.1, 0.15) is 0 Å². The zero-order chi connectivity index (χ0) is 8.27. The fourth-order valence-electron chi connectivity index (χ4n) is 1.47. The van der Waals surface area contributed by atoms with Crippen molar-refractivity contribution in [1.82, 2.24) is 4.90 Å². The Morgan fingerprint density at radius 2 is 2.00 bits per heavy atom. The second kappa shape index (κ2) is 7.74. The predicted octanol–water partition coefficient (Wildman–Crippen LogP) is 1.38. The molecule has 0 aliphatic carbocycles. The van der Waals surface area contributed by atoms with E-state index >= 15 is 0 Å². The Balaban J connectivity index is 0. The van der Waals surface area contributed by atoms with Crippen molar-refractivity contribution < 1.29 is 8.78 Å². The van der Waals surface area contributed by atoms with Crippen molar-refractivity contribution >= 4 is 24.8 Å². The molecule has 0 saturated carbocycles. The molecule has 0 aromatic heterocycles. The molecule has 1 saturated heterocycles. The standard InChI is InChI=1S/C7H14F2N2.2ClH/c8-7(9)5-11-2-1-6(3-10)4-11;;/h6-7H,1-5,10H2;2*1H. The lowest BCUT2D eigenvalue weighted by Gasteiger charge is -2.13. The van der Waals surface area contributed by atoms with Crippen molar-refractivity contribution in [3.8, 4) is 0 Å². The van der Waals surface area contributed by atoms with Crippen molar-refractivity contribution in [3.05, 3.63) is 0 Å². The molecule has 1 aliphatic rings. The molecular formula is C7H16Cl2F2N2. The number of halogens is 4. The maximum Gasteiger partial charge on any atom is 0.251 e. The summed E-state index contributed by atoms with van der Waals surface area (Å²) in [6.07, 6.45) is -1.23. The molecule has 1 atom stereocenters. The van der Waals surface area contributed by atoms with E-state index in [9.17, 15) is 8.78 Å². The van der Waals surface area contributed by atoms with Crippen LogP contribution in [0.2, 0.25) is 0 Å². The summed E-state index contributed by atoms with van der Waals surface area (Å²) in [6, 6.07) is 0. The Hall–Kier alpha value is 0.360. The van der Waals surface area contributed by atoms with Gasteiger partial charge in [0.25, 0.3) is 6.43 Å². The zero-order valence-electron chi connectivity index (χ0n) is 7.29. The minimum absolute atomic E-state index is 0. The Morgan fingerprint density at radius 3 is 2.38 bits per heavy atom. The Morgan fingerprint density at radius 1 is 1.38 bits per heavy atom. The first-order chi connectivity index (χ1) is 5.22. The Bertz CT molecular complexity index is 127. The van der Waals surface area contributed by atoms with Crippen LogP contribution in [-0.4, -0.2) is 37.5 Å². The maximum absolute atomic E-state index is 11.8. The van der Waals surface area contributed by atoms with Crippen LogP contribution in [-0.2, 0) is 0 Å². The van der Waals surface area contributed by atoms with E-state index < -0.39 is 6.43 Å². The fraction of sp³-hybridized carbons (Fsp3) is 1.00. The van der Waals surface area contributed by atoms with Gasteiger partial charge in [0, 0.05) is 6.54 Å². The number of rotatable bonds is 3. The van der Waals surface area contributed by atoms with Gasteiger partial charge in [0.05, 0.1) is 6.54 Å². The van der Waals surface area contributed by atoms with Crippen molar-refractivity contribution in [3.63, 3.8) is 0 Å². The smallest absolute Gasteiger partial charge is 0.251 e. The lowest BCUT2D eigenvalue weighted by molar-refractivity contribution is 0.0981. The maximum atomic E-state index is 11.8. The monoisotopic (exact) mass is 236 g/mol. The first-order valence-electron chi connectivity index (χ1n) is 3.93. The molecule has 2 N–H and O–H groups in total. The second-order valence-corrected chi connectivity index (χ2v) is 3.04.